The van der Waals surface area contributed by atoms with Gasteiger partial charge < -0.3 is 4.74 Å². The maximum absolute atomic E-state index is 13.1. The van der Waals surface area contributed by atoms with E-state index in [-0.39, 0.29) is 5.75 Å². The first-order chi connectivity index (χ1) is 7.25. The van der Waals surface area contributed by atoms with Crippen molar-refractivity contribution >= 4 is 0 Å². The molecule has 0 spiro atoms. The van der Waals surface area contributed by atoms with E-state index in [0.717, 1.165) is 18.2 Å². The standard InChI is InChI=1S/C12H7F2O/c13-9-6-7-11(14)12(8-9)15-10-4-2-1-3-5-10/h1-4,6-8H. The Hall–Kier alpha value is -1.90. The quantitative estimate of drug-likeness (QED) is 0.728. The van der Waals surface area contributed by atoms with E-state index < -0.39 is 11.6 Å². The van der Waals surface area contributed by atoms with Gasteiger partial charge in [-0.2, -0.15) is 0 Å². The average molecular weight is 205 g/mol. The molecule has 0 aliphatic heterocycles. The summed E-state index contributed by atoms with van der Waals surface area (Å²) >= 11 is 0. The fourth-order valence-electron chi connectivity index (χ4n) is 1.11. The highest BCUT2D eigenvalue weighted by Gasteiger charge is 2.05. The van der Waals surface area contributed by atoms with Crippen molar-refractivity contribution in [3.05, 3.63) is 60.2 Å². The summed E-state index contributed by atoms with van der Waals surface area (Å²) < 4.78 is 31.1. The molecule has 75 valence electrons. The topological polar surface area (TPSA) is 9.23 Å². The fraction of sp³-hybridized carbons (Fsp3) is 0. The molecule has 15 heavy (non-hydrogen) atoms. The van der Waals surface area contributed by atoms with Crippen LogP contribution in [0.1, 0.15) is 0 Å². The van der Waals surface area contributed by atoms with Gasteiger partial charge in [0.25, 0.3) is 0 Å². The molecule has 0 unspecified atom stereocenters. The Bertz CT molecular complexity index is 454. The third-order valence-corrected chi connectivity index (χ3v) is 1.79. The Morgan fingerprint density at radius 2 is 1.93 bits per heavy atom. The highest BCUT2D eigenvalue weighted by atomic mass is 19.1. The Labute approximate surface area is 85.9 Å². The van der Waals surface area contributed by atoms with E-state index in [1.54, 1.807) is 24.3 Å². The van der Waals surface area contributed by atoms with Crippen molar-refractivity contribution in [1.29, 1.82) is 0 Å². The van der Waals surface area contributed by atoms with E-state index in [1.165, 1.54) is 0 Å². The Kier molecular flexibility index (Phi) is 2.63. The van der Waals surface area contributed by atoms with E-state index >= 15 is 0 Å². The van der Waals surface area contributed by atoms with Crippen molar-refractivity contribution in [2.45, 2.75) is 0 Å². The number of benzene rings is 2. The zero-order valence-electron chi connectivity index (χ0n) is 7.71. The maximum Gasteiger partial charge on any atom is 0.166 e. The molecule has 2 aromatic rings. The van der Waals surface area contributed by atoms with E-state index in [0.29, 0.717) is 5.75 Å². The summed E-state index contributed by atoms with van der Waals surface area (Å²) in [6.07, 6.45) is 0. The van der Waals surface area contributed by atoms with Crippen LogP contribution in [0.15, 0.2) is 42.5 Å². The summed E-state index contributed by atoms with van der Waals surface area (Å²) in [4.78, 5) is 0. The van der Waals surface area contributed by atoms with E-state index in [4.69, 9.17) is 4.74 Å². The minimum absolute atomic E-state index is 0.141. The molecular formula is C12H7F2O. The van der Waals surface area contributed by atoms with Crippen molar-refractivity contribution in [1.82, 2.24) is 0 Å². The minimum Gasteiger partial charge on any atom is -0.454 e. The molecule has 3 heteroatoms. The first-order valence-electron chi connectivity index (χ1n) is 4.35. The molecule has 0 bridgehead atoms. The number of hydrogen-bond donors (Lipinski definition) is 0. The van der Waals surface area contributed by atoms with E-state index in [2.05, 4.69) is 6.07 Å². The monoisotopic (exact) mass is 205 g/mol. The van der Waals surface area contributed by atoms with Gasteiger partial charge in [0.2, 0.25) is 0 Å². The van der Waals surface area contributed by atoms with Gasteiger partial charge in [0.05, 0.1) is 0 Å². The summed E-state index contributed by atoms with van der Waals surface area (Å²) in [5.74, 6) is -0.935. The van der Waals surface area contributed by atoms with Gasteiger partial charge in [0.15, 0.2) is 11.6 Å². The van der Waals surface area contributed by atoms with Crippen LogP contribution in [0.25, 0.3) is 0 Å². The lowest BCUT2D eigenvalue weighted by atomic mass is 10.3. The molecule has 0 atom stereocenters. The molecule has 0 saturated heterocycles. The number of para-hydroxylation sites is 1. The summed E-state index contributed by atoms with van der Waals surface area (Å²) in [5, 5.41) is 0. The Morgan fingerprint density at radius 3 is 2.67 bits per heavy atom. The first kappa shape index (κ1) is 9.65. The zero-order valence-corrected chi connectivity index (χ0v) is 7.71. The van der Waals surface area contributed by atoms with Crippen molar-refractivity contribution in [3.8, 4) is 11.5 Å². The molecule has 0 aromatic heterocycles. The van der Waals surface area contributed by atoms with Gasteiger partial charge in [0, 0.05) is 12.1 Å². The summed E-state index contributed by atoms with van der Waals surface area (Å²) in [5.41, 5.74) is 0. The van der Waals surface area contributed by atoms with Crippen LogP contribution in [0.3, 0.4) is 0 Å². The SMILES string of the molecule is Fc1ccc(F)c(Oc2[c]cccc2)c1. The predicted molar refractivity (Wildman–Crippen MR) is 51.7 cm³/mol. The fourth-order valence-corrected chi connectivity index (χ4v) is 1.11. The molecule has 0 aliphatic rings. The van der Waals surface area contributed by atoms with Crippen LogP contribution < -0.4 is 4.74 Å². The van der Waals surface area contributed by atoms with Gasteiger partial charge in [-0.25, -0.2) is 8.78 Å². The van der Waals surface area contributed by atoms with Crippen LogP contribution in [0.5, 0.6) is 11.5 Å². The number of halogens is 2. The second-order valence-electron chi connectivity index (χ2n) is 2.90. The van der Waals surface area contributed by atoms with Gasteiger partial charge in [-0.1, -0.05) is 18.2 Å². The molecule has 2 rings (SSSR count). The minimum atomic E-state index is -0.603. The average Bonchev–Trinajstić information content (AvgIpc) is 2.25. The summed E-state index contributed by atoms with van der Waals surface area (Å²) in [6.45, 7) is 0. The van der Waals surface area contributed by atoms with E-state index in [9.17, 15) is 8.78 Å². The Morgan fingerprint density at radius 1 is 1.07 bits per heavy atom. The molecule has 1 radical (unpaired) electrons. The molecule has 0 fully saturated rings. The lowest BCUT2D eigenvalue weighted by Crippen LogP contribution is -1.89. The summed E-state index contributed by atoms with van der Waals surface area (Å²) in [6, 6.07) is 12.5. The number of ether oxygens (including phenoxy) is 1. The first-order valence-corrected chi connectivity index (χ1v) is 4.35. The molecule has 2 aromatic carbocycles. The highest BCUT2D eigenvalue weighted by Crippen LogP contribution is 2.24. The van der Waals surface area contributed by atoms with Crippen LogP contribution in [-0.2, 0) is 0 Å². The molecule has 0 heterocycles. The van der Waals surface area contributed by atoms with Crippen LogP contribution in [0, 0.1) is 17.7 Å². The molecular weight excluding hydrogens is 198 g/mol. The van der Waals surface area contributed by atoms with Crippen molar-refractivity contribution in [2.75, 3.05) is 0 Å². The molecule has 0 aliphatic carbocycles. The van der Waals surface area contributed by atoms with Gasteiger partial charge in [-0.3, -0.25) is 0 Å². The second-order valence-corrected chi connectivity index (χ2v) is 2.90. The third kappa shape index (κ3) is 2.31. The lowest BCUT2D eigenvalue weighted by Gasteiger charge is -2.05. The van der Waals surface area contributed by atoms with Crippen LogP contribution in [0.4, 0.5) is 8.78 Å². The van der Waals surface area contributed by atoms with Crippen molar-refractivity contribution in [2.24, 2.45) is 0 Å². The molecule has 1 nitrogen and oxygen atoms in total. The molecule has 0 N–H and O–H groups in total. The van der Waals surface area contributed by atoms with Crippen LogP contribution in [-0.4, -0.2) is 0 Å². The summed E-state index contributed by atoms with van der Waals surface area (Å²) in [7, 11) is 0. The largest absolute Gasteiger partial charge is 0.454 e. The second kappa shape index (κ2) is 4.09. The maximum atomic E-state index is 13.1. The van der Waals surface area contributed by atoms with Gasteiger partial charge in [-0.05, 0) is 18.2 Å². The van der Waals surface area contributed by atoms with Crippen LogP contribution >= 0.6 is 0 Å². The van der Waals surface area contributed by atoms with Gasteiger partial charge >= 0.3 is 0 Å². The van der Waals surface area contributed by atoms with Crippen LogP contribution in [0.2, 0.25) is 0 Å². The number of hydrogen-bond acceptors (Lipinski definition) is 1. The van der Waals surface area contributed by atoms with Crippen molar-refractivity contribution in [3.63, 3.8) is 0 Å². The lowest BCUT2D eigenvalue weighted by molar-refractivity contribution is 0.436. The third-order valence-electron chi connectivity index (χ3n) is 1.79. The van der Waals surface area contributed by atoms with Crippen molar-refractivity contribution < 1.29 is 13.5 Å². The molecule has 0 saturated carbocycles. The van der Waals surface area contributed by atoms with Gasteiger partial charge in [-0.15, -0.1) is 0 Å². The predicted octanol–water partition coefficient (Wildman–Crippen LogP) is 3.56. The smallest absolute Gasteiger partial charge is 0.166 e. The number of rotatable bonds is 2. The zero-order chi connectivity index (χ0) is 10.7. The molecule has 0 amide bonds. The normalized spacial score (nSPS) is 10.0. The van der Waals surface area contributed by atoms with E-state index in [1.807, 2.05) is 0 Å². The highest BCUT2D eigenvalue weighted by molar-refractivity contribution is 5.31. The van der Waals surface area contributed by atoms with Gasteiger partial charge in [0.1, 0.15) is 11.6 Å². The Balaban J connectivity index is 2.28.